The van der Waals surface area contributed by atoms with Gasteiger partial charge in [0, 0.05) is 21.8 Å². The van der Waals surface area contributed by atoms with E-state index in [4.69, 9.17) is 23.1 Å². The fourth-order valence-corrected chi connectivity index (χ4v) is 2.13. The maximum atomic E-state index is 12.4. The van der Waals surface area contributed by atoms with Gasteiger partial charge in [-0.15, -0.1) is 0 Å². The van der Waals surface area contributed by atoms with E-state index < -0.39 is 5.91 Å². The number of primary amides is 1. The first-order chi connectivity index (χ1) is 9.49. The zero-order chi connectivity index (χ0) is 14.7. The Balaban J connectivity index is 2.42. The molecule has 20 heavy (non-hydrogen) atoms. The van der Waals surface area contributed by atoms with Gasteiger partial charge >= 0.3 is 0 Å². The van der Waals surface area contributed by atoms with Crippen molar-refractivity contribution in [2.75, 3.05) is 5.73 Å². The van der Waals surface area contributed by atoms with E-state index in [1.165, 1.54) is 0 Å². The van der Waals surface area contributed by atoms with Crippen molar-refractivity contribution in [1.29, 1.82) is 0 Å². The highest BCUT2D eigenvalue weighted by molar-refractivity contribution is 6.31. The molecule has 0 saturated carbocycles. The van der Waals surface area contributed by atoms with Crippen LogP contribution in [0.4, 0.5) is 5.69 Å². The van der Waals surface area contributed by atoms with Gasteiger partial charge in [-0.05, 0) is 23.8 Å². The fourth-order valence-electron chi connectivity index (χ4n) is 1.94. The number of anilines is 1. The Labute approximate surface area is 121 Å². The molecule has 1 amide bonds. The summed E-state index contributed by atoms with van der Waals surface area (Å²) in [6.45, 7) is 0. The van der Waals surface area contributed by atoms with Gasteiger partial charge in [0.25, 0.3) is 0 Å². The summed E-state index contributed by atoms with van der Waals surface area (Å²) in [4.78, 5) is 23.4. The van der Waals surface area contributed by atoms with Crippen LogP contribution in [0.15, 0.2) is 42.5 Å². The van der Waals surface area contributed by atoms with Crippen molar-refractivity contribution < 1.29 is 9.59 Å². The quantitative estimate of drug-likeness (QED) is 0.668. The molecule has 0 bridgehead atoms. The Hall–Kier alpha value is -2.33. The van der Waals surface area contributed by atoms with Gasteiger partial charge in [-0.3, -0.25) is 9.59 Å². The summed E-state index contributed by atoms with van der Waals surface area (Å²) in [6, 6.07) is 11.6. The van der Waals surface area contributed by atoms with E-state index in [1.54, 1.807) is 42.5 Å². The molecule has 2 aromatic rings. The highest BCUT2D eigenvalue weighted by Crippen LogP contribution is 2.22. The molecule has 0 radical (unpaired) electrons. The van der Waals surface area contributed by atoms with Crippen LogP contribution in [0.5, 0.6) is 0 Å². The van der Waals surface area contributed by atoms with Crippen LogP contribution in [0.1, 0.15) is 21.5 Å². The Morgan fingerprint density at radius 2 is 1.80 bits per heavy atom. The molecular weight excluding hydrogens is 276 g/mol. The van der Waals surface area contributed by atoms with Crippen molar-refractivity contribution in [2.24, 2.45) is 5.73 Å². The minimum absolute atomic E-state index is 0.00248. The molecule has 2 aromatic carbocycles. The largest absolute Gasteiger partial charge is 0.398 e. The maximum absolute atomic E-state index is 12.4. The van der Waals surface area contributed by atoms with Crippen LogP contribution in [0.3, 0.4) is 0 Å². The highest BCUT2D eigenvalue weighted by Gasteiger charge is 2.15. The van der Waals surface area contributed by atoms with Crippen molar-refractivity contribution >= 4 is 29.0 Å². The Morgan fingerprint density at radius 1 is 1.10 bits per heavy atom. The lowest BCUT2D eigenvalue weighted by Crippen LogP contribution is -2.16. The molecule has 2 rings (SSSR count). The number of hydrogen-bond acceptors (Lipinski definition) is 3. The highest BCUT2D eigenvalue weighted by atomic mass is 35.5. The van der Waals surface area contributed by atoms with Crippen molar-refractivity contribution in [3.05, 3.63) is 64.2 Å². The van der Waals surface area contributed by atoms with Gasteiger partial charge in [-0.1, -0.05) is 35.9 Å². The van der Waals surface area contributed by atoms with Gasteiger partial charge in [-0.25, -0.2) is 0 Å². The second kappa shape index (κ2) is 5.75. The number of carbonyl (C=O) groups is 2. The summed E-state index contributed by atoms with van der Waals surface area (Å²) in [7, 11) is 0. The number of hydrogen-bond donors (Lipinski definition) is 2. The van der Waals surface area contributed by atoms with Gasteiger partial charge in [0.2, 0.25) is 5.91 Å². The first-order valence-electron chi connectivity index (χ1n) is 5.95. The van der Waals surface area contributed by atoms with Crippen LogP contribution in [0, 0.1) is 0 Å². The van der Waals surface area contributed by atoms with E-state index in [-0.39, 0.29) is 17.9 Å². The Kier molecular flexibility index (Phi) is 4.05. The molecule has 0 saturated heterocycles. The van der Waals surface area contributed by atoms with E-state index in [9.17, 15) is 9.59 Å². The summed E-state index contributed by atoms with van der Waals surface area (Å²) in [6.07, 6.45) is 0.00248. The third-order valence-electron chi connectivity index (χ3n) is 2.89. The maximum Gasteiger partial charge on any atom is 0.221 e. The normalized spacial score (nSPS) is 10.2. The zero-order valence-electron chi connectivity index (χ0n) is 10.6. The Morgan fingerprint density at radius 3 is 2.45 bits per heavy atom. The van der Waals surface area contributed by atoms with Gasteiger partial charge in [0.05, 0.1) is 6.42 Å². The molecule has 5 heteroatoms. The second-order valence-electron chi connectivity index (χ2n) is 4.36. The number of nitrogens with two attached hydrogens (primary N) is 2. The van der Waals surface area contributed by atoms with Gasteiger partial charge in [-0.2, -0.15) is 0 Å². The summed E-state index contributed by atoms with van der Waals surface area (Å²) in [5, 5.41) is 0.475. The number of amides is 1. The average Bonchev–Trinajstić information content (AvgIpc) is 2.40. The van der Waals surface area contributed by atoms with Gasteiger partial charge in [0.1, 0.15) is 0 Å². The number of carbonyl (C=O) groups excluding carboxylic acids is 2. The van der Waals surface area contributed by atoms with Crippen molar-refractivity contribution in [3.63, 3.8) is 0 Å². The Bertz CT molecular complexity index is 683. The topological polar surface area (TPSA) is 86.2 Å². The summed E-state index contributed by atoms with van der Waals surface area (Å²) in [5.74, 6) is -0.736. The molecule has 0 fully saturated rings. The lowest BCUT2D eigenvalue weighted by Gasteiger charge is -2.09. The molecule has 0 heterocycles. The van der Waals surface area contributed by atoms with E-state index in [0.717, 1.165) is 0 Å². The van der Waals surface area contributed by atoms with Crippen LogP contribution in [-0.4, -0.2) is 11.7 Å². The molecule has 0 spiro atoms. The summed E-state index contributed by atoms with van der Waals surface area (Å²) in [5.41, 5.74) is 12.7. The SMILES string of the molecule is NC(=O)Cc1cccc(C(=O)c2cccc(Cl)c2)c1N. The van der Waals surface area contributed by atoms with Crippen LogP contribution >= 0.6 is 11.6 Å². The molecular formula is C15H13ClN2O2. The van der Waals surface area contributed by atoms with Crippen LogP contribution in [-0.2, 0) is 11.2 Å². The predicted molar refractivity (Wildman–Crippen MR) is 78.6 cm³/mol. The molecule has 0 aliphatic heterocycles. The number of rotatable bonds is 4. The third-order valence-corrected chi connectivity index (χ3v) is 3.13. The fraction of sp³-hybridized carbons (Fsp3) is 0.0667. The van der Waals surface area contributed by atoms with Gasteiger partial charge < -0.3 is 11.5 Å². The molecule has 4 N–H and O–H groups in total. The van der Waals surface area contributed by atoms with Crippen molar-refractivity contribution in [2.45, 2.75) is 6.42 Å². The number of ketones is 1. The number of benzene rings is 2. The van der Waals surface area contributed by atoms with E-state index in [1.807, 2.05) is 0 Å². The van der Waals surface area contributed by atoms with Crippen LogP contribution in [0.2, 0.25) is 5.02 Å². The molecule has 0 aromatic heterocycles. The first-order valence-corrected chi connectivity index (χ1v) is 6.33. The molecule has 0 atom stereocenters. The molecule has 0 aliphatic rings. The minimum Gasteiger partial charge on any atom is -0.398 e. The van der Waals surface area contributed by atoms with E-state index in [0.29, 0.717) is 21.7 Å². The second-order valence-corrected chi connectivity index (χ2v) is 4.80. The monoisotopic (exact) mass is 288 g/mol. The summed E-state index contributed by atoms with van der Waals surface area (Å²) >= 11 is 5.87. The minimum atomic E-state index is -0.496. The average molecular weight is 289 g/mol. The number of halogens is 1. The molecule has 4 nitrogen and oxygen atoms in total. The molecule has 0 unspecified atom stereocenters. The predicted octanol–water partition coefficient (Wildman–Crippen LogP) is 2.18. The standard InChI is InChI=1S/C15H13ClN2O2/c16-11-5-1-4-10(7-11)15(20)12-6-2-3-9(14(12)18)8-13(17)19/h1-7H,8,18H2,(H2,17,19). The number of nitrogen functional groups attached to an aromatic ring is 1. The van der Waals surface area contributed by atoms with E-state index >= 15 is 0 Å². The lowest BCUT2D eigenvalue weighted by atomic mass is 9.97. The van der Waals surface area contributed by atoms with Crippen LogP contribution in [0.25, 0.3) is 0 Å². The lowest BCUT2D eigenvalue weighted by molar-refractivity contribution is -0.117. The summed E-state index contributed by atoms with van der Waals surface area (Å²) < 4.78 is 0. The van der Waals surface area contributed by atoms with Gasteiger partial charge in [0.15, 0.2) is 5.78 Å². The number of para-hydroxylation sites is 1. The van der Waals surface area contributed by atoms with E-state index in [2.05, 4.69) is 0 Å². The van der Waals surface area contributed by atoms with Crippen molar-refractivity contribution in [1.82, 2.24) is 0 Å². The third kappa shape index (κ3) is 2.97. The smallest absolute Gasteiger partial charge is 0.221 e. The van der Waals surface area contributed by atoms with Crippen LogP contribution < -0.4 is 11.5 Å². The first kappa shape index (κ1) is 14.1. The zero-order valence-corrected chi connectivity index (χ0v) is 11.4. The van der Waals surface area contributed by atoms with Crippen molar-refractivity contribution in [3.8, 4) is 0 Å². The molecule has 102 valence electrons. The molecule has 0 aliphatic carbocycles.